The predicted octanol–water partition coefficient (Wildman–Crippen LogP) is 12.1. The lowest BCUT2D eigenvalue weighted by Gasteiger charge is -2.53. The predicted molar refractivity (Wildman–Crippen MR) is 237 cm³/mol. The summed E-state index contributed by atoms with van der Waals surface area (Å²) >= 11 is 25.0. The fourth-order valence-electron chi connectivity index (χ4n) is 9.36. The number of nitro groups is 2. The van der Waals surface area contributed by atoms with Gasteiger partial charge in [0.1, 0.15) is 20.6 Å². The van der Waals surface area contributed by atoms with Gasteiger partial charge in [-0.05, 0) is 60.1 Å². The molecule has 64 heavy (non-hydrogen) atoms. The van der Waals surface area contributed by atoms with Crippen LogP contribution in [0.1, 0.15) is 92.9 Å². The van der Waals surface area contributed by atoms with Gasteiger partial charge in [-0.1, -0.05) is 127 Å². The van der Waals surface area contributed by atoms with Crippen molar-refractivity contribution in [1.29, 1.82) is 0 Å². The van der Waals surface area contributed by atoms with E-state index in [0.717, 1.165) is 0 Å². The highest BCUT2D eigenvalue weighted by molar-refractivity contribution is 6.33. The number of hydrogen-bond acceptors (Lipinski definition) is 15. The van der Waals surface area contributed by atoms with Crippen LogP contribution >= 0.6 is 46.4 Å². The van der Waals surface area contributed by atoms with Gasteiger partial charge < -0.3 is 18.3 Å². The minimum absolute atomic E-state index is 0.0343. The molecule has 6 unspecified atom stereocenters. The summed E-state index contributed by atoms with van der Waals surface area (Å²) in [6.45, 7) is 15.1. The third-order valence-corrected chi connectivity index (χ3v) is 13.9. The van der Waals surface area contributed by atoms with Gasteiger partial charge >= 0.3 is 6.16 Å². The van der Waals surface area contributed by atoms with Crippen LogP contribution in [0.2, 0.25) is 20.6 Å². The SMILES string of the molecule is CCC(C)C1(C(C)CC)C=C([N+](=O)[O-])C=CC1(OC(=O)OC1(c2nnc(-c3cc(Cl)nc(Cl)c3)o2)C=CC([N+](=O)[O-])=CC1(C(C)CC)C(C)CC)c1nnc(-c2cc(Cl)nc(Cl)c2)o1. The molecule has 0 amide bonds. The number of hydrogen-bond donors (Lipinski definition) is 0. The van der Waals surface area contributed by atoms with Gasteiger partial charge in [0.25, 0.3) is 23.2 Å². The minimum Gasteiger partial charge on any atom is -0.416 e. The zero-order valence-corrected chi connectivity index (χ0v) is 39.2. The summed E-state index contributed by atoms with van der Waals surface area (Å²) in [4.78, 5) is 47.6. The van der Waals surface area contributed by atoms with E-state index < -0.39 is 61.7 Å². The highest BCUT2D eigenvalue weighted by Gasteiger charge is 2.67. The van der Waals surface area contributed by atoms with Crippen LogP contribution in [0.5, 0.6) is 0 Å². The summed E-state index contributed by atoms with van der Waals surface area (Å²) < 4.78 is 26.3. The Morgan fingerprint density at radius 2 is 0.922 bits per heavy atom. The van der Waals surface area contributed by atoms with Crippen LogP contribution in [0.15, 0.2) is 80.9 Å². The molecule has 2 aliphatic rings. The molecule has 0 saturated carbocycles. The van der Waals surface area contributed by atoms with E-state index in [0.29, 0.717) is 25.7 Å². The molecule has 4 aromatic rings. The first-order valence-corrected chi connectivity index (χ1v) is 22.2. The van der Waals surface area contributed by atoms with Gasteiger partial charge in [-0.25, -0.2) is 14.8 Å². The molecule has 0 bridgehead atoms. The van der Waals surface area contributed by atoms with Crippen molar-refractivity contribution >= 4 is 52.6 Å². The maximum absolute atomic E-state index is 15.4. The van der Waals surface area contributed by atoms with Crippen molar-refractivity contribution in [3.63, 3.8) is 0 Å². The van der Waals surface area contributed by atoms with E-state index >= 15 is 4.79 Å². The zero-order chi connectivity index (χ0) is 46.9. The van der Waals surface area contributed by atoms with E-state index in [4.69, 9.17) is 64.7 Å². The molecular weight excluding hydrogens is 914 g/mol. The molecule has 4 heterocycles. The number of rotatable bonds is 16. The van der Waals surface area contributed by atoms with Gasteiger partial charge in [0.2, 0.25) is 23.0 Å². The van der Waals surface area contributed by atoms with E-state index in [9.17, 15) is 20.2 Å². The monoisotopic (exact) mass is 958 g/mol. The smallest absolute Gasteiger partial charge is 0.416 e. The van der Waals surface area contributed by atoms with Crippen molar-refractivity contribution in [2.24, 2.45) is 34.5 Å². The lowest BCUT2D eigenvalue weighted by Crippen LogP contribution is -2.58. The van der Waals surface area contributed by atoms with Crippen molar-refractivity contribution in [1.82, 2.24) is 30.4 Å². The van der Waals surface area contributed by atoms with Crippen LogP contribution in [0.3, 0.4) is 0 Å². The third kappa shape index (κ3) is 8.20. The number of pyridine rings is 2. The van der Waals surface area contributed by atoms with Gasteiger partial charge in [-0.2, -0.15) is 0 Å². The lowest BCUT2D eigenvalue weighted by atomic mass is 9.54. The first kappa shape index (κ1) is 48.2. The molecule has 0 aromatic carbocycles. The lowest BCUT2D eigenvalue weighted by molar-refractivity contribution is -0.421. The molecule has 0 aliphatic heterocycles. The largest absolute Gasteiger partial charge is 0.511 e. The second kappa shape index (κ2) is 18.7. The summed E-state index contributed by atoms with van der Waals surface area (Å²) in [7, 11) is 0. The average molecular weight is 961 g/mol. The highest BCUT2D eigenvalue weighted by Crippen LogP contribution is 2.62. The van der Waals surface area contributed by atoms with Crippen molar-refractivity contribution in [3.8, 4) is 22.9 Å². The molecule has 0 saturated heterocycles. The van der Waals surface area contributed by atoms with Crippen molar-refractivity contribution in [2.75, 3.05) is 0 Å². The number of halogens is 4. The van der Waals surface area contributed by atoms with Crippen molar-refractivity contribution in [3.05, 3.63) is 125 Å². The Balaban J connectivity index is 1.64. The molecule has 17 nitrogen and oxygen atoms in total. The number of carbonyl (C=O) groups excluding carboxylic acids is 1. The molecule has 0 radical (unpaired) electrons. The molecule has 6 atom stereocenters. The molecule has 0 fully saturated rings. The Morgan fingerprint density at radius 3 is 1.20 bits per heavy atom. The minimum atomic E-state index is -2.11. The number of aromatic nitrogens is 6. The van der Waals surface area contributed by atoms with Gasteiger partial charge in [0.15, 0.2) is 0 Å². The highest BCUT2D eigenvalue weighted by atomic mass is 35.5. The molecular formula is C43H46Cl4N8O9. The topological polar surface area (TPSA) is 225 Å². The summed E-state index contributed by atoms with van der Waals surface area (Å²) in [5.41, 5.74) is -7.07. The van der Waals surface area contributed by atoms with Crippen LogP contribution < -0.4 is 0 Å². The van der Waals surface area contributed by atoms with E-state index in [1.165, 1.54) is 60.7 Å². The Hall–Kier alpha value is -5.23. The first-order chi connectivity index (χ1) is 30.3. The van der Waals surface area contributed by atoms with Crippen LogP contribution in [-0.2, 0) is 20.7 Å². The summed E-state index contributed by atoms with van der Waals surface area (Å²) in [6, 6.07) is 5.80. The van der Waals surface area contributed by atoms with Crippen LogP contribution in [0.4, 0.5) is 4.79 Å². The zero-order valence-electron chi connectivity index (χ0n) is 36.2. The van der Waals surface area contributed by atoms with Gasteiger partial charge in [0, 0.05) is 35.4 Å². The van der Waals surface area contributed by atoms with Crippen molar-refractivity contribution in [2.45, 2.75) is 92.3 Å². The summed E-state index contributed by atoms with van der Waals surface area (Å²) in [5, 5.41) is 42.8. The maximum Gasteiger partial charge on any atom is 0.511 e. The second-order valence-corrected chi connectivity index (χ2v) is 17.7. The molecule has 340 valence electrons. The maximum atomic E-state index is 15.4. The standard InChI is InChI=1S/C43H46Cl4N8O9/c1-9-23(5)40(24(6)10-2)21-29(54(57)58)13-15-42(40,37-52-50-35(61-37)27-17-31(44)48-32(45)18-27)63-39(56)64-43(38-53-51-36(62-38)28-19-33(46)49-34(47)20-28)16-14-30(55(59)60)22-41(43,25(7)11-3)26(8)12-4/h13-26H,9-12H2,1-8H3. The molecule has 4 aromatic heterocycles. The quantitative estimate of drug-likeness (QED) is 0.0440. The number of allylic oxidation sites excluding steroid dienone is 2. The molecule has 0 N–H and O–H groups in total. The Kier molecular flexibility index (Phi) is 14.1. The summed E-state index contributed by atoms with van der Waals surface area (Å²) in [5.74, 6) is -2.56. The Morgan fingerprint density at radius 1 is 0.609 bits per heavy atom. The fourth-order valence-corrected chi connectivity index (χ4v) is 10.3. The average Bonchev–Trinajstić information content (AvgIpc) is 3.97. The molecule has 21 heteroatoms. The number of nitrogens with zero attached hydrogens (tertiary/aromatic N) is 8. The van der Waals surface area contributed by atoms with E-state index in [1.807, 2.05) is 55.4 Å². The molecule has 2 aliphatic carbocycles. The van der Waals surface area contributed by atoms with Gasteiger partial charge in [-0.3, -0.25) is 20.2 Å². The Bertz CT molecular complexity index is 2340. The third-order valence-electron chi connectivity index (χ3n) is 13.2. The normalized spacial score (nSPS) is 24.9. The van der Waals surface area contributed by atoms with E-state index in [-0.39, 0.29) is 66.7 Å². The number of ether oxygens (including phenoxy) is 2. The summed E-state index contributed by atoms with van der Waals surface area (Å²) in [6.07, 6.45) is 8.52. The van der Waals surface area contributed by atoms with Crippen LogP contribution in [-0.4, -0.2) is 46.4 Å². The van der Waals surface area contributed by atoms with E-state index in [2.05, 4.69) is 30.4 Å². The molecule has 0 spiro atoms. The fraction of sp³-hybridized carbons (Fsp3) is 0.465. The van der Waals surface area contributed by atoms with Gasteiger partial charge in [-0.15, -0.1) is 20.4 Å². The first-order valence-electron chi connectivity index (χ1n) is 20.7. The van der Waals surface area contributed by atoms with E-state index in [1.54, 1.807) is 0 Å². The number of carbonyl (C=O) groups is 1. The second-order valence-electron chi connectivity index (χ2n) is 16.2. The van der Waals surface area contributed by atoms with Gasteiger partial charge in [0.05, 0.1) is 20.7 Å². The Labute approximate surface area is 388 Å². The molecule has 6 rings (SSSR count). The van der Waals surface area contributed by atoms with Crippen LogP contribution in [0, 0.1) is 54.7 Å². The van der Waals surface area contributed by atoms with Crippen LogP contribution in [0.25, 0.3) is 22.9 Å². The van der Waals surface area contributed by atoms with Crippen molar-refractivity contribution < 1.29 is 32.9 Å².